The first-order valence-corrected chi connectivity index (χ1v) is 4.24. The third-order valence-electron chi connectivity index (χ3n) is 1.31. The molecule has 0 amide bonds. The largest absolute Gasteiger partial charge is 0.279 e. The van der Waals surface area contributed by atoms with Gasteiger partial charge in [0.05, 0.1) is 5.69 Å². The van der Waals surface area contributed by atoms with Gasteiger partial charge in [0.25, 0.3) is 0 Å². The molecule has 2 nitrogen and oxygen atoms in total. The molecule has 0 heterocycles. The van der Waals surface area contributed by atoms with Crippen LogP contribution in [0.1, 0.15) is 13.3 Å². The van der Waals surface area contributed by atoms with Gasteiger partial charge in [-0.3, -0.25) is 5.43 Å². The summed E-state index contributed by atoms with van der Waals surface area (Å²) >= 11 is 5.71. The monoisotopic (exact) mass is 182 g/mol. The maximum Gasteiger partial charge on any atom is 0.0562 e. The highest BCUT2D eigenvalue weighted by Gasteiger charge is 1.87. The lowest BCUT2D eigenvalue weighted by Gasteiger charge is -1.98. The molecule has 12 heavy (non-hydrogen) atoms. The minimum atomic E-state index is 0.736. The lowest BCUT2D eigenvalue weighted by molar-refractivity contribution is 1.27. The molecular formula is C9H11ClN2. The summed E-state index contributed by atoms with van der Waals surface area (Å²) in [6.07, 6.45) is 2.75. The number of halogens is 1. The second kappa shape index (κ2) is 4.78. The van der Waals surface area contributed by atoms with Gasteiger partial charge >= 0.3 is 0 Å². The van der Waals surface area contributed by atoms with Crippen molar-refractivity contribution in [2.24, 2.45) is 5.10 Å². The van der Waals surface area contributed by atoms with Gasteiger partial charge in [-0.25, -0.2) is 0 Å². The highest BCUT2D eigenvalue weighted by Crippen LogP contribution is 2.12. The maximum absolute atomic E-state index is 5.71. The first kappa shape index (κ1) is 9.07. The number of benzene rings is 1. The fourth-order valence-corrected chi connectivity index (χ4v) is 0.862. The van der Waals surface area contributed by atoms with Crippen LogP contribution in [0.15, 0.2) is 29.4 Å². The van der Waals surface area contributed by atoms with Gasteiger partial charge in [-0.1, -0.05) is 18.5 Å². The SMILES string of the molecule is CCC=NNc1ccc(Cl)cc1. The van der Waals surface area contributed by atoms with Crippen molar-refractivity contribution in [3.05, 3.63) is 29.3 Å². The van der Waals surface area contributed by atoms with Crippen molar-refractivity contribution in [3.63, 3.8) is 0 Å². The average Bonchev–Trinajstić information content (AvgIpc) is 2.09. The Labute approximate surface area is 77.2 Å². The molecule has 0 aliphatic carbocycles. The third-order valence-corrected chi connectivity index (χ3v) is 1.56. The Bertz CT molecular complexity index is 254. The summed E-state index contributed by atoms with van der Waals surface area (Å²) in [4.78, 5) is 0. The Balaban J connectivity index is 2.53. The topological polar surface area (TPSA) is 24.4 Å². The number of anilines is 1. The van der Waals surface area contributed by atoms with Crippen LogP contribution in [0.5, 0.6) is 0 Å². The van der Waals surface area contributed by atoms with Crippen molar-refractivity contribution in [1.29, 1.82) is 0 Å². The molecule has 1 aromatic carbocycles. The molecule has 0 aliphatic heterocycles. The molecule has 1 aromatic rings. The average molecular weight is 183 g/mol. The van der Waals surface area contributed by atoms with Crippen LogP contribution in [0.2, 0.25) is 5.02 Å². The molecule has 3 heteroatoms. The molecule has 0 fully saturated rings. The number of nitrogens with one attached hydrogen (secondary N) is 1. The molecule has 0 radical (unpaired) electrons. The van der Waals surface area contributed by atoms with Gasteiger partial charge in [-0.05, 0) is 30.7 Å². The Hall–Kier alpha value is -1.02. The molecule has 0 saturated carbocycles. The van der Waals surface area contributed by atoms with Gasteiger partial charge in [0.15, 0.2) is 0 Å². The molecular weight excluding hydrogens is 172 g/mol. The van der Waals surface area contributed by atoms with Crippen molar-refractivity contribution in [2.75, 3.05) is 5.43 Å². The number of hydrogen-bond donors (Lipinski definition) is 1. The molecule has 0 saturated heterocycles. The van der Waals surface area contributed by atoms with E-state index in [1.807, 2.05) is 37.4 Å². The standard InChI is InChI=1S/C9H11ClN2/c1-2-7-11-12-9-5-3-8(10)4-6-9/h3-7,12H,2H2,1H3. The zero-order valence-corrected chi connectivity index (χ0v) is 7.67. The van der Waals surface area contributed by atoms with E-state index in [-0.39, 0.29) is 0 Å². The van der Waals surface area contributed by atoms with Crippen LogP contribution in [-0.4, -0.2) is 6.21 Å². The summed E-state index contributed by atoms with van der Waals surface area (Å²) < 4.78 is 0. The molecule has 1 N–H and O–H groups in total. The first-order valence-electron chi connectivity index (χ1n) is 3.86. The Kier molecular flexibility index (Phi) is 3.61. The Morgan fingerprint density at radius 1 is 1.42 bits per heavy atom. The van der Waals surface area contributed by atoms with Crippen LogP contribution in [0.4, 0.5) is 5.69 Å². The van der Waals surface area contributed by atoms with Gasteiger partial charge in [0, 0.05) is 11.2 Å². The second-order valence-corrected chi connectivity index (χ2v) is 2.78. The predicted octanol–water partition coefficient (Wildman–Crippen LogP) is 3.15. The van der Waals surface area contributed by atoms with Gasteiger partial charge in [0.2, 0.25) is 0 Å². The lowest BCUT2D eigenvalue weighted by atomic mass is 10.3. The van der Waals surface area contributed by atoms with Crippen molar-refractivity contribution < 1.29 is 0 Å². The maximum atomic E-state index is 5.71. The molecule has 1 rings (SSSR count). The fraction of sp³-hybridized carbons (Fsp3) is 0.222. The van der Waals surface area contributed by atoms with E-state index >= 15 is 0 Å². The lowest BCUT2D eigenvalue weighted by Crippen LogP contribution is -1.87. The summed E-state index contributed by atoms with van der Waals surface area (Å²) in [5.74, 6) is 0. The second-order valence-electron chi connectivity index (χ2n) is 2.34. The first-order chi connectivity index (χ1) is 5.83. The van der Waals surface area contributed by atoms with E-state index in [9.17, 15) is 0 Å². The summed E-state index contributed by atoms with van der Waals surface area (Å²) in [6.45, 7) is 2.03. The zero-order valence-electron chi connectivity index (χ0n) is 6.92. The third kappa shape index (κ3) is 2.93. The summed E-state index contributed by atoms with van der Waals surface area (Å²) in [7, 11) is 0. The Morgan fingerprint density at radius 2 is 2.08 bits per heavy atom. The number of rotatable bonds is 3. The van der Waals surface area contributed by atoms with Gasteiger partial charge < -0.3 is 0 Å². The normalized spacial score (nSPS) is 10.5. The molecule has 0 aliphatic rings. The predicted molar refractivity (Wildman–Crippen MR) is 53.9 cm³/mol. The van der Waals surface area contributed by atoms with E-state index in [0.717, 1.165) is 17.1 Å². The van der Waals surface area contributed by atoms with Crippen LogP contribution in [0.3, 0.4) is 0 Å². The quantitative estimate of drug-likeness (QED) is 0.564. The number of hydrogen-bond acceptors (Lipinski definition) is 2. The molecule has 0 spiro atoms. The van der Waals surface area contributed by atoms with Gasteiger partial charge in [0.1, 0.15) is 0 Å². The smallest absolute Gasteiger partial charge is 0.0562 e. The van der Waals surface area contributed by atoms with Crippen LogP contribution in [-0.2, 0) is 0 Å². The van der Waals surface area contributed by atoms with Crippen molar-refractivity contribution in [2.45, 2.75) is 13.3 Å². The van der Waals surface area contributed by atoms with Gasteiger partial charge in [-0.15, -0.1) is 0 Å². The molecule has 0 unspecified atom stereocenters. The molecule has 64 valence electrons. The van der Waals surface area contributed by atoms with Crippen LogP contribution in [0.25, 0.3) is 0 Å². The Morgan fingerprint density at radius 3 is 2.67 bits per heavy atom. The van der Waals surface area contributed by atoms with E-state index in [1.165, 1.54) is 0 Å². The van der Waals surface area contributed by atoms with E-state index in [4.69, 9.17) is 11.6 Å². The van der Waals surface area contributed by atoms with Crippen LogP contribution in [0, 0.1) is 0 Å². The van der Waals surface area contributed by atoms with E-state index < -0.39 is 0 Å². The van der Waals surface area contributed by atoms with E-state index in [0.29, 0.717) is 0 Å². The highest BCUT2D eigenvalue weighted by molar-refractivity contribution is 6.30. The fourth-order valence-electron chi connectivity index (χ4n) is 0.736. The van der Waals surface area contributed by atoms with Crippen molar-refractivity contribution in [3.8, 4) is 0 Å². The van der Waals surface area contributed by atoms with Crippen molar-refractivity contribution in [1.82, 2.24) is 0 Å². The van der Waals surface area contributed by atoms with Gasteiger partial charge in [-0.2, -0.15) is 5.10 Å². The van der Waals surface area contributed by atoms with E-state index in [1.54, 1.807) is 0 Å². The molecule has 0 aromatic heterocycles. The summed E-state index contributed by atoms with van der Waals surface area (Å²) in [5, 5.41) is 4.71. The highest BCUT2D eigenvalue weighted by atomic mass is 35.5. The van der Waals surface area contributed by atoms with Crippen LogP contribution >= 0.6 is 11.6 Å². The van der Waals surface area contributed by atoms with Crippen molar-refractivity contribution >= 4 is 23.5 Å². The minimum absolute atomic E-state index is 0.736. The summed E-state index contributed by atoms with van der Waals surface area (Å²) in [6, 6.07) is 7.42. The van der Waals surface area contributed by atoms with Crippen LogP contribution < -0.4 is 5.43 Å². The number of hydrazone groups is 1. The minimum Gasteiger partial charge on any atom is -0.279 e. The number of nitrogens with zero attached hydrogens (tertiary/aromatic N) is 1. The zero-order chi connectivity index (χ0) is 8.81. The van der Waals surface area contributed by atoms with E-state index in [2.05, 4.69) is 10.5 Å². The molecule has 0 atom stereocenters. The molecule has 0 bridgehead atoms. The summed E-state index contributed by atoms with van der Waals surface area (Å²) in [5.41, 5.74) is 3.83.